The van der Waals surface area contributed by atoms with Gasteiger partial charge in [-0.1, -0.05) is 6.42 Å². The van der Waals surface area contributed by atoms with Crippen molar-refractivity contribution in [1.29, 1.82) is 0 Å². The molecule has 3 heterocycles. The van der Waals surface area contributed by atoms with E-state index in [9.17, 15) is 9.59 Å². The molecule has 1 saturated carbocycles. The van der Waals surface area contributed by atoms with E-state index in [4.69, 9.17) is 0 Å². The molecule has 4 rings (SSSR count). The standard InChI is InChI=1S/C18H25N3O2S/c22-17(13-4-5-13)19-16-7-6-15(24-16)18(23)21-11-8-14(12-21)20-9-2-1-3-10-20/h6-7,13-14H,1-5,8-12H2,(H,19,22)/t14-/m0/s1. The number of thiophene rings is 1. The zero-order valence-electron chi connectivity index (χ0n) is 14.0. The fourth-order valence-corrected chi connectivity index (χ4v) is 4.63. The highest BCUT2D eigenvalue weighted by atomic mass is 32.1. The van der Waals surface area contributed by atoms with Crippen LogP contribution < -0.4 is 5.32 Å². The molecule has 0 radical (unpaired) electrons. The van der Waals surface area contributed by atoms with E-state index >= 15 is 0 Å². The summed E-state index contributed by atoms with van der Waals surface area (Å²) in [6.07, 6.45) is 7.00. The third kappa shape index (κ3) is 3.49. The minimum Gasteiger partial charge on any atom is -0.336 e. The topological polar surface area (TPSA) is 52.7 Å². The molecule has 0 aromatic carbocycles. The van der Waals surface area contributed by atoms with Gasteiger partial charge in [-0.2, -0.15) is 0 Å². The number of hydrogen-bond acceptors (Lipinski definition) is 4. The summed E-state index contributed by atoms with van der Waals surface area (Å²) < 4.78 is 0. The molecule has 1 N–H and O–H groups in total. The summed E-state index contributed by atoms with van der Waals surface area (Å²) >= 11 is 1.40. The van der Waals surface area contributed by atoms with Gasteiger partial charge >= 0.3 is 0 Å². The number of amides is 2. The quantitative estimate of drug-likeness (QED) is 0.911. The minimum atomic E-state index is 0.0992. The number of nitrogens with zero attached hydrogens (tertiary/aromatic N) is 2. The Morgan fingerprint density at radius 3 is 2.58 bits per heavy atom. The van der Waals surface area contributed by atoms with E-state index in [0.29, 0.717) is 6.04 Å². The van der Waals surface area contributed by atoms with Crippen LogP contribution in [0.5, 0.6) is 0 Å². The summed E-state index contributed by atoms with van der Waals surface area (Å²) in [7, 11) is 0. The van der Waals surface area contributed by atoms with Gasteiger partial charge in [-0.15, -0.1) is 11.3 Å². The van der Waals surface area contributed by atoms with E-state index in [1.54, 1.807) is 0 Å². The molecule has 1 atom stereocenters. The van der Waals surface area contributed by atoms with Gasteiger partial charge in [-0.25, -0.2) is 0 Å². The maximum atomic E-state index is 12.7. The Labute approximate surface area is 147 Å². The second kappa shape index (κ2) is 6.84. The predicted molar refractivity (Wildman–Crippen MR) is 95.4 cm³/mol. The summed E-state index contributed by atoms with van der Waals surface area (Å²) in [5, 5.41) is 3.72. The molecule has 24 heavy (non-hydrogen) atoms. The monoisotopic (exact) mass is 347 g/mol. The van der Waals surface area contributed by atoms with Gasteiger partial charge in [0.1, 0.15) is 0 Å². The molecule has 1 aliphatic carbocycles. The molecule has 0 unspecified atom stereocenters. The van der Waals surface area contributed by atoms with Gasteiger partial charge in [0.25, 0.3) is 5.91 Å². The summed E-state index contributed by atoms with van der Waals surface area (Å²) in [6.45, 7) is 4.06. The van der Waals surface area contributed by atoms with Gasteiger partial charge in [-0.05, 0) is 57.3 Å². The van der Waals surface area contributed by atoms with Crippen LogP contribution in [-0.2, 0) is 4.79 Å². The van der Waals surface area contributed by atoms with Crippen molar-refractivity contribution >= 4 is 28.2 Å². The highest BCUT2D eigenvalue weighted by Gasteiger charge is 2.32. The molecule has 1 aromatic heterocycles. The van der Waals surface area contributed by atoms with Crippen molar-refractivity contribution in [1.82, 2.24) is 9.80 Å². The van der Waals surface area contributed by atoms with E-state index in [2.05, 4.69) is 10.2 Å². The molecule has 6 heteroatoms. The lowest BCUT2D eigenvalue weighted by Gasteiger charge is -2.32. The maximum absolute atomic E-state index is 12.7. The van der Waals surface area contributed by atoms with Crippen LogP contribution in [0.3, 0.4) is 0 Å². The van der Waals surface area contributed by atoms with Crippen molar-refractivity contribution < 1.29 is 9.59 Å². The molecule has 130 valence electrons. The fourth-order valence-electron chi connectivity index (χ4n) is 3.75. The van der Waals surface area contributed by atoms with Crippen molar-refractivity contribution in [3.05, 3.63) is 17.0 Å². The summed E-state index contributed by atoms with van der Waals surface area (Å²) in [6, 6.07) is 4.24. The molecule has 0 bridgehead atoms. The zero-order valence-corrected chi connectivity index (χ0v) is 14.8. The number of nitrogens with one attached hydrogen (secondary N) is 1. The van der Waals surface area contributed by atoms with Crippen molar-refractivity contribution in [3.63, 3.8) is 0 Å². The van der Waals surface area contributed by atoms with E-state index in [0.717, 1.165) is 42.2 Å². The predicted octanol–water partition coefficient (Wildman–Crippen LogP) is 2.80. The van der Waals surface area contributed by atoms with E-state index < -0.39 is 0 Å². The zero-order chi connectivity index (χ0) is 16.5. The van der Waals surface area contributed by atoms with Gasteiger partial charge in [0.15, 0.2) is 0 Å². The van der Waals surface area contributed by atoms with Crippen LogP contribution in [0, 0.1) is 5.92 Å². The van der Waals surface area contributed by atoms with E-state index in [1.807, 2.05) is 17.0 Å². The Kier molecular flexibility index (Phi) is 4.59. The van der Waals surface area contributed by atoms with E-state index in [-0.39, 0.29) is 17.7 Å². The molecular formula is C18H25N3O2S. The Balaban J connectivity index is 1.34. The number of hydrogen-bond donors (Lipinski definition) is 1. The van der Waals surface area contributed by atoms with E-state index in [1.165, 1.54) is 43.7 Å². The van der Waals surface area contributed by atoms with Gasteiger partial charge < -0.3 is 10.2 Å². The molecule has 2 amide bonds. The summed E-state index contributed by atoms with van der Waals surface area (Å²) in [5.41, 5.74) is 0. The number of carbonyl (C=O) groups is 2. The average Bonchev–Trinajstić information content (AvgIpc) is 3.17. The number of likely N-dealkylation sites (tertiary alicyclic amines) is 2. The van der Waals surface area contributed by atoms with Crippen molar-refractivity contribution in [3.8, 4) is 0 Å². The molecule has 3 aliphatic rings. The van der Waals surface area contributed by atoms with Crippen LogP contribution in [0.25, 0.3) is 0 Å². The Morgan fingerprint density at radius 2 is 1.83 bits per heavy atom. The number of carbonyl (C=O) groups excluding carboxylic acids is 2. The highest BCUT2D eigenvalue weighted by Crippen LogP contribution is 2.32. The first-order valence-corrected chi connectivity index (χ1v) is 9.96. The average molecular weight is 347 g/mol. The van der Waals surface area contributed by atoms with Gasteiger partial charge in [0.05, 0.1) is 9.88 Å². The second-order valence-electron chi connectivity index (χ2n) is 7.22. The SMILES string of the molecule is O=C(Nc1ccc(C(=O)N2CC[C@H](N3CCCCC3)C2)s1)C1CC1. The molecule has 2 saturated heterocycles. The van der Waals surface area contributed by atoms with Crippen LogP contribution in [0.2, 0.25) is 0 Å². The number of piperidine rings is 1. The van der Waals surface area contributed by atoms with Gasteiger partial charge in [0, 0.05) is 25.0 Å². The first-order valence-electron chi connectivity index (χ1n) is 9.15. The lowest BCUT2D eigenvalue weighted by Crippen LogP contribution is -2.41. The molecule has 1 aromatic rings. The lowest BCUT2D eigenvalue weighted by atomic mass is 10.1. The maximum Gasteiger partial charge on any atom is 0.264 e. The first kappa shape index (κ1) is 16.1. The normalized spacial score (nSPS) is 25.0. The third-order valence-electron chi connectivity index (χ3n) is 5.37. The summed E-state index contributed by atoms with van der Waals surface area (Å²) in [5.74, 6) is 0.406. The highest BCUT2D eigenvalue weighted by molar-refractivity contribution is 7.18. The molecule has 5 nitrogen and oxygen atoms in total. The number of anilines is 1. The van der Waals surface area contributed by atoms with Crippen LogP contribution in [0.4, 0.5) is 5.00 Å². The van der Waals surface area contributed by atoms with Gasteiger partial charge in [0.2, 0.25) is 5.91 Å². The van der Waals surface area contributed by atoms with Crippen LogP contribution in [-0.4, -0.2) is 53.8 Å². The fraction of sp³-hybridized carbons (Fsp3) is 0.667. The number of rotatable bonds is 4. The molecule has 3 fully saturated rings. The first-order chi connectivity index (χ1) is 11.7. The third-order valence-corrected chi connectivity index (χ3v) is 6.36. The minimum absolute atomic E-state index is 0.0992. The lowest BCUT2D eigenvalue weighted by molar-refractivity contribution is -0.117. The molecule has 0 spiro atoms. The largest absolute Gasteiger partial charge is 0.336 e. The van der Waals surface area contributed by atoms with Crippen LogP contribution in [0.15, 0.2) is 12.1 Å². The van der Waals surface area contributed by atoms with Crippen molar-refractivity contribution in [2.75, 3.05) is 31.5 Å². The van der Waals surface area contributed by atoms with Gasteiger partial charge in [-0.3, -0.25) is 14.5 Å². The Bertz CT molecular complexity index is 620. The molecular weight excluding hydrogens is 322 g/mol. The van der Waals surface area contributed by atoms with Crippen molar-refractivity contribution in [2.24, 2.45) is 5.92 Å². The van der Waals surface area contributed by atoms with Crippen LogP contribution in [0.1, 0.15) is 48.2 Å². The Morgan fingerprint density at radius 1 is 1.04 bits per heavy atom. The van der Waals surface area contributed by atoms with Crippen LogP contribution >= 0.6 is 11.3 Å². The van der Waals surface area contributed by atoms with Crippen molar-refractivity contribution in [2.45, 2.75) is 44.6 Å². The Hall–Kier alpha value is -1.40. The smallest absolute Gasteiger partial charge is 0.264 e. The molecule has 2 aliphatic heterocycles. The second-order valence-corrected chi connectivity index (χ2v) is 8.30. The summed E-state index contributed by atoms with van der Waals surface area (Å²) in [4.78, 5) is 29.8.